The minimum atomic E-state index is -0.817. The Morgan fingerprint density at radius 1 is 0.633 bits per heavy atom. The van der Waals surface area contributed by atoms with Gasteiger partial charge < -0.3 is 21.0 Å². The summed E-state index contributed by atoms with van der Waals surface area (Å²) in [6.45, 7) is 7.57. The molecule has 0 aliphatic heterocycles. The number of carbonyl (C=O) groups is 2. The van der Waals surface area contributed by atoms with E-state index in [0.29, 0.717) is 45.5 Å². The molecule has 2 amide bonds. The molecule has 6 aromatic heterocycles. The fraction of sp³-hybridized carbons (Fsp3) is 0.409. The van der Waals surface area contributed by atoms with Crippen LogP contribution in [0, 0.1) is 22.3 Å². The van der Waals surface area contributed by atoms with E-state index in [1.165, 1.54) is 24.8 Å². The van der Waals surface area contributed by atoms with Gasteiger partial charge in [-0.2, -0.15) is 19.7 Å². The van der Waals surface area contributed by atoms with Gasteiger partial charge in [0.1, 0.15) is 0 Å². The van der Waals surface area contributed by atoms with E-state index in [1.807, 2.05) is 64.1 Å². The van der Waals surface area contributed by atoms with Gasteiger partial charge in [0.25, 0.3) is 11.8 Å². The third kappa shape index (κ3) is 6.01. The number of aromatic nitrogens is 10. The molecule has 0 spiro atoms. The maximum Gasteiger partial charge on any atom is 0.339 e. The predicted molar refractivity (Wildman–Crippen MR) is 217 cm³/mol. The van der Waals surface area contributed by atoms with Gasteiger partial charge in [-0.05, 0) is 102 Å². The molecule has 306 valence electrons. The average molecular weight is 807 g/mol. The van der Waals surface area contributed by atoms with E-state index >= 15 is 0 Å². The normalized spacial score (nSPS) is 20.4. The summed E-state index contributed by atoms with van der Waals surface area (Å²) in [6.07, 6.45) is 15.8. The van der Waals surface area contributed by atoms with Crippen LogP contribution in [-0.4, -0.2) is 51.3 Å². The highest BCUT2D eigenvalue weighted by molar-refractivity contribution is 5.96. The first-order valence-electron chi connectivity index (χ1n) is 20.8. The van der Waals surface area contributed by atoms with Gasteiger partial charge in [0, 0.05) is 35.4 Å². The van der Waals surface area contributed by atoms with Crippen molar-refractivity contribution in [3.05, 3.63) is 129 Å². The van der Waals surface area contributed by atoms with E-state index < -0.39 is 11.1 Å². The summed E-state index contributed by atoms with van der Waals surface area (Å²) >= 11 is 0. The van der Waals surface area contributed by atoms with Crippen LogP contribution in [0.1, 0.15) is 133 Å². The fourth-order valence-electron chi connectivity index (χ4n) is 10.4. The topological polar surface area (TPSA) is 199 Å². The van der Waals surface area contributed by atoms with Crippen LogP contribution in [0.25, 0.3) is 23.0 Å². The lowest BCUT2D eigenvalue weighted by molar-refractivity contribution is -0.625. The Labute approximate surface area is 346 Å². The van der Waals surface area contributed by atoms with Crippen LogP contribution in [0.15, 0.2) is 73.6 Å². The van der Waals surface area contributed by atoms with Crippen molar-refractivity contribution in [3.8, 4) is 23.0 Å². The molecule has 0 aromatic carbocycles. The molecule has 0 unspecified atom stereocenters. The van der Waals surface area contributed by atoms with Crippen LogP contribution in [0.4, 0.5) is 0 Å². The van der Waals surface area contributed by atoms with Crippen molar-refractivity contribution in [1.82, 2.24) is 50.1 Å². The molecule has 6 heterocycles. The van der Waals surface area contributed by atoms with Crippen LogP contribution >= 0.6 is 0 Å². The SMILES string of the molecule is CC(C)(NC(=O)c1nn(-c2ncc[n+]([O-])c2-c2c(-n3nc(C(=O)NC(C)(C)c4ccccn4)c4c3[C@H]3CCC[C@H]3C4)ncc[n+]2[O-])c2c1C[C@@H]1CCC[C@H]21)c1ccccn1. The minimum Gasteiger partial charge on any atom is -0.618 e. The molecule has 60 heavy (non-hydrogen) atoms. The smallest absolute Gasteiger partial charge is 0.339 e. The zero-order chi connectivity index (χ0) is 41.5. The van der Waals surface area contributed by atoms with E-state index in [1.54, 1.807) is 21.8 Å². The number of nitrogens with zero attached hydrogens (tertiary/aromatic N) is 10. The Kier molecular flexibility index (Phi) is 8.80. The summed E-state index contributed by atoms with van der Waals surface area (Å²) in [5.41, 5.74) is 3.33. The van der Waals surface area contributed by atoms with Crippen LogP contribution in [0.5, 0.6) is 0 Å². The van der Waals surface area contributed by atoms with E-state index in [4.69, 9.17) is 20.2 Å². The first kappa shape index (κ1) is 37.7. The first-order chi connectivity index (χ1) is 28.9. The summed E-state index contributed by atoms with van der Waals surface area (Å²) in [5, 5.41) is 44.7. The van der Waals surface area contributed by atoms with Crippen molar-refractivity contribution in [2.45, 2.75) is 102 Å². The second kappa shape index (κ2) is 14.0. The number of hydrogen-bond acceptors (Lipinski definition) is 10. The van der Waals surface area contributed by atoms with Gasteiger partial charge in [-0.1, -0.05) is 25.0 Å². The Morgan fingerprint density at radius 2 is 1.07 bits per heavy atom. The molecule has 16 heteroatoms. The molecule has 2 fully saturated rings. The molecule has 4 aliphatic carbocycles. The number of pyridine rings is 2. The molecule has 0 saturated heterocycles. The van der Waals surface area contributed by atoms with Gasteiger partial charge >= 0.3 is 11.4 Å². The lowest BCUT2D eigenvalue weighted by atomic mass is 9.98. The molecular formula is C44H46N12O4. The van der Waals surface area contributed by atoms with Gasteiger partial charge in [-0.25, -0.2) is 19.3 Å². The number of nitrogens with one attached hydrogen (secondary N) is 2. The standard InChI is InChI=1S/C44H46N12O4/c1-43(2,31-15-5-7-17-45-31)49-41(57)33-29-23-25-11-9-13-27(25)35(29)55(51-33)39-37(53(59)21-19-47-39)38-40(48-20-22-54(38)60)56-36-28-14-10-12-26(28)24-30(36)34(52-56)42(58)50-44(3,4)32-16-6-8-18-46-32/h5-8,15-22,25-28H,9-14,23-24H2,1-4H3,(H,49,57)(H,50,58)/t25-,26-,27-,28-/m0/s1. The van der Waals surface area contributed by atoms with Gasteiger partial charge in [0.05, 0.1) is 46.2 Å². The first-order valence-corrected chi connectivity index (χ1v) is 20.8. The second-order valence-corrected chi connectivity index (χ2v) is 17.7. The van der Waals surface area contributed by atoms with Crippen molar-refractivity contribution in [2.75, 3.05) is 0 Å². The Balaban J connectivity index is 1.11. The monoisotopic (exact) mass is 806 g/mol. The summed E-state index contributed by atoms with van der Waals surface area (Å²) < 4.78 is 4.41. The van der Waals surface area contributed by atoms with Crippen LogP contribution in [-0.2, 0) is 23.9 Å². The largest absolute Gasteiger partial charge is 0.618 e. The van der Waals surface area contributed by atoms with Crippen molar-refractivity contribution >= 4 is 11.8 Å². The van der Waals surface area contributed by atoms with Crippen molar-refractivity contribution < 1.29 is 19.0 Å². The Morgan fingerprint density at radius 3 is 1.47 bits per heavy atom. The maximum absolute atomic E-state index is 14.3. The van der Waals surface area contributed by atoms with Crippen LogP contribution < -0.4 is 20.1 Å². The highest BCUT2D eigenvalue weighted by Crippen LogP contribution is 2.51. The molecular weight excluding hydrogens is 761 g/mol. The quantitative estimate of drug-likeness (QED) is 0.151. The maximum atomic E-state index is 14.3. The average Bonchev–Trinajstić information content (AvgIpc) is 4.08. The van der Waals surface area contributed by atoms with E-state index in [-0.39, 0.29) is 58.1 Å². The lowest BCUT2D eigenvalue weighted by Gasteiger charge is -2.25. The predicted octanol–water partition coefficient (Wildman–Crippen LogP) is 4.78. The molecule has 0 radical (unpaired) electrons. The Bertz CT molecular complexity index is 2490. The van der Waals surface area contributed by atoms with Gasteiger partial charge in [-0.3, -0.25) is 19.6 Å². The van der Waals surface area contributed by atoms with Crippen molar-refractivity contribution in [2.24, 2.45) is 11.8 Å². The summed E-state index contributed by atoms with van der Waals surface area (Å²) in [5.74, 6) is 0.238. The fourth-order valence-corrected chi connectivity index (χ4v) is 10.4. The zero-order valence-corrected chi connectivity index (χ0v) is 34.0. The van der Waals surface area contributed by atoms with Gasteiger partial charge in [-0.15, -0.1) is 0 Å². The van der Waals surface area contributed by atoms with E-state index in [2.05, 4.69) is 20.6 Å². The molecule has 2 saturated carbocycles. The van der Waals surface area contributed by atoms with Crippen molar-refractivity contribution in [3.63, 3.8) is 0 Å². The van der Waals surface area contributed by atoms with E-state index in [0.717, 1.165) is 61.0 Å². The summed E-state index contributed by atoms with van der Waals surface area (Å²) in [6, 6.07) is 11.1. The lowest BCUT2D eigenvalue weighted by Crippen LogP contribution is -2.42. The Hall–Kier alpha value is -6.58. The number of rotatable bonds is 9. The summed E-state index contributed by atoms with van der Waals surface area (Å²) in [7, 11) is 0. The third-order valence-corrected chi connectivity index (χ3v) is 13.2. The second-order valence-electron chi connectivity index (χ2n) is 17.7. The number of fused-ring (bicyclic) bond motifs is 6. The highest BCUT2D eigenvalue weighted by atomic mass is 16.5. The van der Waals surface area contributed by atoms with E-state index in [9.17, 15) is 20.0 Å². The van der Waals surface area contributed by atoms with Gasteiger partial charge in [0.2, 0.25) is 11.6 Å². The molecule has 4 atom stereocenters. The molecule has 10 rings (SSSR count). The molecule has 6 aromatic rings. The number of amides is 2. The third-order valence-electron chi connectivity index (χ3n) is 13.2. The van der Waals surface area contributed by atoms with Crippen LogP contribution in [0.2, 0.25) is 0 Å². The molecule has 2 N–H and O–H groups in total. The highest BCUT2D eigenvalue weighted by Gasteiger charge is 2.47. The van der Waals surface area contributed by atoms with Crippen molar-refractivity contribution in [1.29, 1.82) is 0 Å². The minimum absolute atomic E-state index is 0.0886. The molecule has 16 nitrogen and oxygen atoms in total. The molecule has 0 bridgehead atoms. The zero-order valence-electron chi connectivity index (χ0n) is 34.0. The van der Waals surface area contributed by atoms with Gasteiger partial charge in [0.15, 0.2) is 23.8 Å². The van der Waals surface area contributed by atoms with Crippen LogP contribution in [0.3, 0.4) is 0 Å². The summed E-state index contributed by atoms with van der Waals surface area (Å²) in [4.78, 5) is 47.0. The number of carbonyl (C=O) groups excluding carboxylic acids is 2. The molecule has 4 aliphatic rings. The number of hydrogen-bond donors (Lipinski definition) is 2.